The summed E-state index contributed by atoms with van der Waals surface area (Å²) in [4.78, 5) is 26.5. The standard InChI is InChI=1S/C45H60O4/c1-29(2)33-20-25-45(40(47)49-28-30-12-10-9-11-13-30)27-26-43(6)35(38(33)45)18-19-37-42(5)23-21-34(31-14-16-32(17-15-31)39(46)48-8)41(3,4)36(42)22-24-44(37,43)7/h9-17,21,29,33,35-38H,18-20,22-28H2,1-8H3/t33-,35+,36?,37?,38?,42-,43+,44+,45-/m0/s1. The van der Waals surface area contributed by atoms with Crippen LogP contribution in [0.15, 0.2) is 60.7 Å². The van der Waals surface area contributed by atoms with Gasteiger partial charge in [0.15, 0.2) is 0 Å². The molecule has 0 heterocycles. The number of allylic oxidation sites excluding steroid dienone is 2. The van der Waals surface area contributed by atoms with Gasteiger partial charge in [-0.25, -0.2) is 4.79 Å². The van der Waals surface area contributed by atoms with Crippen molar-refractivity contribution < 1.29 is 19.1 Å². The van der Waals surface area contributed by atoms with Crippen LogP contribution in [0.5, 0.6) is 0 Å². The zero-order valence-corrected chi connectivity index (χ0v) is 31.4. The van der Waals surface area contributed by atoms with Crippen LogP contribution in [-0.2, 0) is 20.9 Å². The topological polar surface area (TPSA) is 52.6 Å². The number of fused-ring (bicyclic) bond motifs is 7. The molecule has 0 N–H and O–H groups in total. The molecule has 0 saturated heterocycles. The minimum Gasteiger partial charge on any atom is -0.465 e. The summed E-state index contributed by atoms with van der Waals surface area (Å²) in [5, 5.41) is 0. The first kappa shape index (κ1) is 34.6. The second-order valence-electron chi connectivity index (χ2n) is 18.5. The van der Waals surface area contributed by atoms with Crippen molar-refractivity contribution in [2.75, 3.05) is 7.11 Å². The molecule has 9 atom stereocenters. The summed E-state index contributed by atoms with van der Waals surface area (Å²) in [6.45, 7) is 18.1. The highest BCUT2D eigenvalue weighted by Crippen LogP contribution is 2.78. The van der Waals surface area contributed by atoms with Crippen molar-refractivity contribution in [3.63, 3.8) is 0 Å². The molecule has 0 bridgehead atoms. The molecular formula is C45H60O4. The molecular weight excluding hydrogens is 604 g/mol. The van der Waals surface area contributed by atoms with Gasteiger partial charge in [-0.2, -0.15) is 0 Å². The van der Waals surface area contributed by atoms with E-state index in [2.05, 4.69) is 78.8 Å². The van der Waals surface area contributed by atoms with Gasteiger partial charge in [-0.3, -0.25) is 4.79 Å². The Kier molecular flexibility index (Phi) is 8.55. The van der Waals surface area contributed by atoms with Gasteiger partial charge in [0.25, 0.3) is 0 Å². The summed E-state index contributed by atoms with van der Waals surface area (Å²) < 4.78 is 11.2. The van der Waals surface area contributed by atoms with E-state index in [1.807, 2.05) is 30.3 Å². The molecule has 5 aliphatic carbocycles. The van der Waals surface area contributed by atoms with Crippen LogP contribution in [0.3, 0.4) is 0 Å². The fraction of sp³-hybridized carbons (Fsp3) is 0.644. The highest BCUT2D eigenvalue weighted by atomic mass is 16.5. The minimum atomic E-state index is -0.341. The first-order valence-electron chi connectivity index (χ1n) is 19.3. The van der Waals surface area contributed by atoms with Gasteiger partial charge in [-0.15, -0.1) is 0 Å². The summed E-state index contributed by atoms with van der Waals surface area (Å²) in [5.74, 6) is 3.14. The smallest absolute Gasteiger partial charge is 0.337 e. The number of carbonyl (C=O) groups is 2. The Bertz CT molecular complexity index is 1600. The number of benzene rings is 2. The van der Waals surface area contributed by atoms with Gasteiger partial charge < -0.3 is 9.47 Å². The summed E-state index contributed by atoms with van der Waals surface area (Å²) in [6.07, 6.45) is 12.9. The number of methoxy groups -OCH3 is 1. The second kappa shape index (κ2) is 12.1. The molecule has 2 aromatic rings. The van der Waals surface area contributed by atoms with Gasteiger partial charge in [-0.05, 0) is 144 Å². The minimum absolute atomic E-state index is 0.0251. The van der Waals surface area contributed by atoms with Gasteiger partial charge in [-0.1, -0.05) is 97.0 Å². The molecule has 4 fully saturated rings. The largest absolute Gasteiger partial charge is 0.465 e. The van der Waals surface area contributed by atoms with Crippen LogP contribution in [0, 0.1) is 62.6 Å². The maximum Gasteiger partial charge on any atom is 0.337 e. The van der Waals surface area contributed by atoms with Gasteiger partial charge in [0.2, 0.25) is 0 Å². The van der Waals surface area contributed by atoms with Gasteiger partial charge in [0.1, 0.15) is 6.61 Å². The van der Waals surface area contributed by atoms with Gasteiger partial charge in [0.05, 0.1) is 18.1 Å². The van der Waals surface area contributed by atoms with E-state index in [9.17, 15) is 9.59 Å². The Morgan fingerprint density at radius 1 is 0.796 bits per heavy atom. The quantitative estimate of drug-likeness (QED) is 0.288. The highest BCUT2D eigenvalue weighted by Gasteiger charge is 2.72. The summed E-state index contributed by atoms with van der Waals surface area (Å²) in [6, 6.07) is 18.3. The van der Waals surface area contributed by atoms with Crippen LogP contribution in [0.25, 0.3) is 5.57 Å². The molecule has 49 heavy (non-hydrogen) atoms. The first-order chi connectivity index (χ1) is 23.2. The predicted molar refractivity (Wildman–Crippen MR) is 196 cm³/mol. The number of rotatable bonds is 6. The lowest BCUT2D eigenvalue weighted by Crippen LogP contribution is -2.66. The average Bonchev–Trinajstić information content (AvgIpc) is 3.49. The average molecular weight is 665 g/mol. The van der Waals surface area contributed by atoms with Gasteiger partial charge in [0, 0.05) is 0 Å². The van der Waals surface area contributed by atoms with E-state index in [1.165, 1.54) is 43.9 Å². The van der Waals surface area contributed by atoms with E-state index in [-0.39, 0.29) is 39.0 Å². The fourth-order valence-electron chi connectivity index (χ4n) is 13.6. The van der Waals surface area contributed by atoms with Crippen molar-refractivity contribution in [2.45, 2.75) is 113 Å². The number of carbonyl (C=O) groups excluding carboxylic acids is 2. The number of ether oxygens (including phenoxy) is 2. The van der Waals surface area contributed by atoms with Crippen LogP contribution < -0.4 is 0 Å². The number of hydrogen-bond acceptors (Lipinski definition) is 4. The monoisotopic (exact) mass is 664 g/mol. The molecule has 0 amide bonds. The fourth-order valence-corrected chi connectivity index (χ4v) is 13.6. The molecule has 4 nitrogen and oxygen atoms in total. The third kappa shape index (κ3) is 5.03. The van der Waals surface area contributed by atoms with E-state index in [0.717, 1.165) is 37.7 Å². The van der Waals surface area contributed by atoms with Crippen LogP contribution in [-0.4, -0.2) is 19.0 Å². The Balaban J connectivity index is 1.19. The molecule has 2 aromatic carbocycles. The Morgan fingerprint density at radius 2 is 1.51 bits per heavy atom. The van der Waals surface area contributed by atoms with E-state index in [4.69, 9.17) is 9.47 Å². The number of esters is 2. The summed E-state index contributed by atoms with van der Waals surface area (Å²) in [7, 11) is 1.44. The maximum atomic E-state index is 14.4. The molecule has 264 valence electrons. The molecule has 0 aliphatic heterocycles. The van der Waals surface area contributed by atoms with E-state index in [1.54, 1.807) is 0 Å². The molecule has 3 unspecified atom stereocenters. The van der Waals surface area contributed by atoms with Crippen LogP contribution >= 0.6 is 0 Å². The van der Waals surface area contributed by atoms with Crippen molar-refractivity contribution in [2.24, 2.45) is 62.6 Å². The van der Waals surface area contributed by atoms with Crippen molar-refractivity contribution >= 4 is 17.5 Å². The Hall–Kier alpha value is -2.88. The summed E-state index contributed by atoms with van der Waals surface area (Å²) >= 11 is 0. The Morgan fingerprint density at radius 3 is 2.18 bits per heavy atom. The lowest BCUT2D eigenvalue weighted by Gasteiger charge is -2.72. The third-order valence-corrected chi connectivity index (χ3v) is 16.2. The van der Waals surface area contributed by atoms with E-state index in [0.29, 0.717) is 47.7 Å². The molecule has 0 aromatic heterocycles. The molecule has 0 spiro atoms. The zero-order chi connectivity index (χ0) is 35.0. The zero-order valence-electron chi connectivity index (χ0n) is 31.4. The second-order valence-corrected chi connectivity index (χ2v) is 18.5. The molecule has 0 radical (unpaired) electrons. The van der Waals surface area contributed by atoms with Crippen molar-refractivity contribution in [1.29, 1.82) is 0 Å². The molecule has 4 heteroatoms. The van der Waals surface area contributed by atoms with Crippen molar-refractivity contribution in [3.8, 4) is 0 Å². The predicted octanol–water partition coefficient (Wildman–Crippen LogP) is 10.9. The lowest BCUT2D eigenvalue weighted by atomic mass is 9.32. The maximum absolute atomic E-state index is 14.4. The SMILES string of the molecule is COC(=O)c1ccc(C2=CC[C@@]3(C)C(CC[C@]4(C)C3CC[C@@H]3C5[C@H](C(C)C)CC[C@]5(C(=O)OCc5ccccc5)CC[C@]34C)C2(C)C)cc1. The summed E-state index contributed by atoms with van der Waals surface area (Å²) in [5.41, 5.74) is 4.67. The van der Waals surface area contributed by atoms with Crippen LogP contribution in [0.1, 0.15) is 128 Å². The van der Waals surface area contributed by atoms with Crippen molar-refractivity contribution in [1.82, 2.24) is 0 Å². The third-order valence-electron chi connectivity index (χ3n) is 16.2. The number of hydrogen-bond donors (Lipinski definition) is 0. The van der Waals surface area contributed by atoms with Crippen LogP contribution in [0.4, 0.5) is 0 Å². The van der Waals surface area contributed by atoms with Crippen molar-refractivity contribution in [3.05, 3.63) is 77.4 Å². The highest BCUT2D eigenvalue weighted by molar-refractivity contribution is 5.90. The normalized spacial score (nSPS) is 39.1. The van der Waals surface area contributed by atoms with Crippen LogP contribution in [0.2, 0.25) is 0 Å². The molecule has 7 rings (SSSR count). The first-order valence-corrected chi connectivity index (χ1v) is 19.3. The van der Waals surface area contributed by atoms with E-state index >= 15 is 0 Å². The molecule has 4 saturated carbocycles. The lowest BCUT2D eigenvalue weighted by molar-refractivity contribution is -0.231. The van der Waals surface area contributed by atoms with E-state index < -0.39 is 0 Å². The Labute approximate surface area is 295 Å². The molecule has 5 aliphatic rings. The van der Waals surface area contributed by atoms with Gasteiger partial charge >= 0.3 is 11.9 Å².